The van der Waals surface area contributed by atoms with Crippen LogP contribution in [0.2, 0.25) is 0 Å². The fourth-order valence-corrected chi connectivity index (χ4v) is 4.76. The number of unbranched alkanes of at least 4 members (excludes halogenated alkanes) is 3. The van der Waals surface area contributed by atoms with E-state index in [1.54, 1.807) is 0 Å². The first kappa shape index (κ1) is 48.1. The van der Waals surface area contributed by atoms with Crippen LogP contribution in [-0.2, 0) is 43.2 Å². The van der Waals surface area contributed by atoms with Gasteiger partial charge in [0.2, 0.25) is 47.3 Å². The second kappa shape index (κ2) is 26.8. The van der Waals surface area contributed by atoms with E-state index < -0.39 is 109 Å². The highest BCUT2D eigenvalue weighted by Gasteiger charge is 2.33. The summed E-state index contributed by atoms with van der Waals surface area (Å²) < 4.78 is 0. The number of carbonyl (C=O) groups excluding carboxylic acids is 8. The van der Waals surface area contributed by atoms with Gasteiger partial charge in [-0.3, -0.25) is 38.4 Å². The van der Waals surface area contributed by atoms with Crippen molar-refractivity contribution < 1.29 is 48.3 Å². The molecule has 0 saturated carbocycles. The first-order valence-electron chi connectivity index (χ1n) is 17.4. The topological polar surface area (TPSA) is 402 Å². The highest BCUT2D eigenvalue weighted by Crippen LogP contribution is 2.08. The number of primary amides is 2. The summed E-state index contributed by atoms with van der Waals surface area (Å²) in [5.41, 5.74) is 32.7. The minimum Gasteiger partial charge on any atom is -0.480 e. The summed E-state index contributed by atoms with van der Waals surface area (Å²) in [5.74, 6) is -8.57. The number of carboxylic acid groups (broad SMARTS) is 1. The van der Waals surface area contributed by atoms with E-state index in [0.29, 0.717) is 45.1 Å². The predicted octanol–water partition coefficient (Wildman–Crippen LogP) is -5.90. The number of carboxylic acids is 1. The van der Waals surface area contributed by atoms with Crippen molar-refractivity contribution in [2.75, 3.05) is 26.2 Å². The van der Waals surface area contributed by atoms with Crippen molar-refractivity contribution in [3.63, 3.8) is 0 Å². The maximum Gasteiger partial charge on any atom is 0.326 e. The van der Waals surface area contributed by atoms with E-state index in [9.17, 15) is 48.3 Å². The highest BCUT2D eigenvalue weighted by atomic mass is 16.4. The molecule has 19 N–H and O–H groups in total. The molecule has 22 nitrogen and oxygen atoms in total. The van der Waals surface area contributed by atoms with Crippen LogP contribution in [0.1, 0.15) is 77.6 Å². The smallest absolute Gasteiger partial charge is 0.326 e. The van der Waals surface area contributed by atoms with E-state index in [0.717, 1.165) is 0 Å². The minimum atomic E-state index is -1.70. The van der Waals surface area contributed by atoms with Gasteiger partial charge < -0.3 is 71.4 Å². The summed E-state index contributed by atoms with van der Waals surface area (Å²) in [4.78, 5) is 113. The lowest BCUT2D eigenvalue weighted by Gasteiger charge is -2.26. The Labute approximate surface area is 307 Å². The molecule has 22 heteroatoms. The number of nitrogens with one attached hydrogen (secondary N) is 6. The zero-order valence-corrected chi connectivity index (χ0v) is 30.2. The first-order chi connectivity index (χ1) is 25.0. The average molecular weight is 759 g/mol. The van der Waals surface area contributed by atoms with Gasteiger partial charge in [-0.05, 0) is 84.3 Å². The maximum atomic E-state index is 13.6. The summed E-state index contributed by atoms with van der Waals surface area (Å²) in [6, 6.07) is -8.10. The van der Waals surface area contributed by atoms with Crippen molar-refractivity contribution in [1.29, 1.82) is 0 Å². The molecule has 0 aliphatic carbocycles. The molecular formula is C31H58N12O10. The Morgan fingerprint density at radius 3 is 1.21 bits per heavy atom. The summed E-state index contributed by atoms with van der Waals surface area (Å²) in [6.07, 6.45) is 1.08. The van der Waals surface area contributed by atoms with Crippen molar-refractivity contribution >= 4 is 53.2 Å². The van der Waals surface area contributed by atoms with E-state index in [4.69, 9.17) is 34.4 Å². The quantitative estimate of drug-likeness (QED) is 0.0316. The van der Waals surface area contributed by atoms with Gasteiger partial charge >= 0.3 is 5.97 Å². The van der Waals surface area contributed by atoms with Gasteiger partial charge in [0.25, 0.3) is 0 Å². The molecule has 0 radical (unpaired) electrons. The van der Waals surface area contributed by atoms with Crippen molar-refractivity contribution in [1.82, 2.24) is 31.9 Å². The molecule has 0 bridgehead atoms. The van der Waals surface area contributed by atoms with E-state index in [1.165, 1.54) is 6.92 Å². The fourth-order valence-electron chi connectivity index (χ4n) is 4.76. The average Bonchev–Trinajstić information content (AvgIpc) is 3.08. The van der Waals surface area contributed by atoms with Crippen molar-refractivity contribution in [2.24, 2.45) is 34.4 Å². The van der Waals surface area contributed by atoms with Crippen molar-refractivity contribution in [2.45, 2.75) is 114 Å². The number of aliphatic carboxylic acids is 1. The second-order valence-corrected chi connectivity index (χ2v) is 12.4. The molecule has 0 fully saturated rings. The van der Waals surface area contributed by atoms with E-state index in [2.05, 4.69) is 31.9 Å². The van der Waals surface area contributed by atoms with E-state index in [-0.39, 0.29) is 32.4 Å². The largest absolute Gasteiger partial charge is 0.480 e. The monoisotopic (exact) mass is 758 g/mol. The van der Waals surface area contributed by atoms with Gasteiger partial charge in [0.1, 0.15) is 30.2 Å². The lowest BCUT2D eigenvalue weighted by atomic mass is 10.0. The van der Waals surface area contributed by atoms with Crippen LogP contribution in [0.5, 0.6) is 0 Å². The molecule has 8 amide bonds. The highest BCUT2D eigenvalue weighted by molar-refractivity contribution is 5.98. The molecule has 0 aromatic heterocycles. The number of rotatable bonds is 29. The molecule has 0 heterocycles. The second-order valence-electron chi connectivity index (χ2n) is 12.4. The SMILES string of the molecule is C[C@H](N)C(=O)NCC(=O)N[C@@H](CCCCN)C(=O)N[C@@H](CCCCN)C(=O)N[C@@H](CC(N)=O)C(=O)N[C@@H](CCCCN)C(=O)N[C@@H](CC(N)=O)C(=O)O. The Bertz CT molecular complexity index is 1250. The molecule has 0 spiro atoms. The van der Waals surface area contributed by atoms with E-state index >= 15 is 0 Å². The lowest BCUT2D eigenvalue weighted by molar-refractivity contribution is -0.144. The Kier molecular flexibility index (Phi) is 24.3. The number of amides is 8. The van der Waals surface area contributed by atoms with Crippen LogP contribution < -0.4 is 66.3 Å². The number of carbonyl (C=O) groups is 9. The van der Waals surface area contributed by atoms with Crippen LogP contribution in [0.3, 0.4) is 0 Å². The van der Waals surface area contributed by atoms with Gasteiger partial charge in [-0.1, -0.05) is 0 Å². The fraction of sp³-hybridized carbons (Fsp3) is 0.710. The molecule has 0 saturated heterocycles. The molecule has 0 rings (SSSR count). The molecule has 0 aromatic rings. The van der Waals surface area contributed by atoms with Crippen LogP contribution in [-0.4, -0.2) is 121 Å². The lowest BCUT2D eigenvalue weighted by Crippen LogP contribution is -2.59. The summed E-state index contributed by atoms with van der Waals surface area (Å²) in [7, 11) is 0. The normalized spacial score (nSPS) is 14.2. The van der Waals surface area contributed by atoms with Crippen LogP contribution >= 0.6 is 0 Å². The van der Waals surface area contributed by atoms with Crippen LogP contribution in [0.15, 0.2) is 0 Å². The third kappa shape index (κ3) is 21.3. The Balaban J connectivity index is 6.19. The zero-order chi connectivity index (χ0) is 40.5. The molecular weight excluding hydrogens is 700 g/mol. The predicted molar refractivity (Wildman–Crippen MR) is 190 cm³/mol. The third-order valence-electron chi connectivity index (χ3n) is 7.65. The molecule has 0 aromatic carbocycles. The summed E-state index contributed by atoms with van der Waals surface area (Å²) in [5, 5.41) is 23.8. The van der Waals surface area contributed by atoms with Crippen LogP contribution in [0, 0.1) is 0 Å². The van der Waals surface area contributed by atoms with Crippen LogP contribution in [0.25, 0.3) is 0 Å². The number of hydrogen-bond acceptors (Lipinski definition) is 13. The van der Waals surface area contributed by atoms with Gasteiger partial charge in [0.05, 0.1) is 25.4 Å². The Hall–Kier alpha value is -4.93. The van der Waals surface area contributed by atoms with Crippen molar-refractivity contribution in [3.05, 3.63) is 0 Å². The van der Waals surface area contributed by atoms with Gasteiger partial charge in [0, 0.05) is 0 Å². The van der Waals surface area contributed by atoms with E-state index in [1.807, 2.05) is 0 Å². The van der Waals surface area contributed by atoms with Gasteiger partial charge in [0.15, 0.2) is 0 Å². The van der Waals surface area contributed by atoms with Gasteiger partial charge in [-0.2, -0.15) is 0 Å². The van der Waals surface area contributed by atoms with Gasteiger partial charge in [-0.15, -0.1) is 0 Å². The standard InChI is InChI=1S/C31H58N12O10/c1-17(35)26(47)38-16-25(46)39-18(8-2-5-11-32)27(48)40-19(9-3-6-12-33)28(49)42-21(14-23(36)44)30(51)41-20(10-4-7-13-34)29(50)43-22(31(52)53)15-24(37)45/h17-22H,2-16,32-35H2,1H3,(H2,36,44)(H2,37,45)(H,38,47)(H,39,46)(H,40,48)(H,41,51)(H,42,49)(H,43,50)(H,52,53)/t17-,18-,19-,20-,21-,22-/m0/s1. The summed E-state index contributed by atoms with van der Waals surface area (Å²) >= 11 is 0. The third-order valence-corrected chi connectivity index (χ3v) is 7.65. The summed E-state index contributed by atoms with van der Waals surface area (Å²) in [6.45, 7) is 1.76. The molecule has 0 aliphatic rings. The van der Waals surface area contributed by atoms with Crippen molar-refractivity contribution in [3.8, 4) is 0 Å². The Morgan fingerprint density at radius 2 is 0.849 bits per heavy atom. The Morgan fingerprint density at radius 1 is 0.509 bits per heavy atom. The number of nitrogens with two attached hydrogens (primary N) is 6. The maximum absolute atomic E-state index is 13.6. The molecule has 0 aliphatic heterocycles. The molecule has 0 unspecified atom stereocenters. The first-order valence-corrected chi connectivity index (χ1v) is 17.4. The van der Waals surface area contributed by atoms with Gasteiger partial charge in [-0.25, -0.2) is 4.79 Å². The molecule has 302 valence electrons. The molecule has 53 heavy (non-hydrogen) atoms. The minimum absolute atomic E-state index is 0.0220. The molecule has 6 atom stereocenters. The number of hydrogen-bond donors (Lipinski definition) is 13. The zero-order valence-electron chi connectivity index (χ0n) is 30.2. The van der Waals surface area contributed by atoms with Crippen LogP contribution in [0.4, 0.5) is 0 Å².